The fourth-order valence-electron chi connectivity index (χ4n) is 3.58. The number of benzene rings is 1. The number of aliphatic imine (C=N–C) groups is 1. The topological polar surface area (TPSA) is 117 Å². The predicted octanol–water partition coefficient (Wildman–Crippen LogP) is 2.11. The lowest BCUT2D eigenvalue weighted by Gasteiger charge is -2.31. The Bertz CT molecular complexity index is 685. The highest BCUT2D eigenvalue weighted by atomic mass is 79.9. The van der Waals surface area contributed by atoms with Crippen molar-refractivity contribution in [3.05, 3.63) is 26.6 Å². The van der Waals surface area contributed by atoms with Crippen molar-refractivity contribution in [3.63, 3.8) is 0 Å². The average molecular weight is 538 g/mol. The Morgan fingerprint density at radius 2 is 1.76 bits per heavy atom. The van der Waals surface area contributed by atoms with Crippen molar-refractivity contribution in [1.82, 2.24) is 4.90 Å². The molecule has 0 radical (unpaired) electrons. The molecule has 0 heterocycles. The fraction of sp³-hybridized carbons (Fsp3) is 0.650. The molecule has 1 fully saturated rings. The standard InChI is InChI=1S/C20H30Br2N2O5/c1-24(14-5-3-2-4-6-14)10-12-7-13(21)8-15(22)18(12)23-9-16(26)19(28)20(29)17(27)11-25/h7-9,14,16-17,19-20,25-29H,2-6,10-11H2,1H3. The zero-order chi connectivity index (χ0) is 21.6. The van der Waals surface area contributed by atoms with Crippen molar-refractivity contribution in [3.8, 4) is 0 Å². The SMILES string of the molecule is CN(Cc1cc(Br)cc(Br)c1N=CC(O)C(O)C(O)C(O)CO)C1CCCCC1. The van der Waals surface area contributed by atoms with E-state index < -0.39 is 31.0 Å². The van der Waals surface area contributed by atoms with E-state index in [4.69, 9.17) is 5.11 Å². The molecule has 1 aliphatic rings. The van der Waals surface area contributed by atoms with Gasteiger partial charge in [-0.3, -0.25) is 9.89 Å². The lowest BCUT2D eigenvalue weighted by atomic mass is 9.94. The predicted molar refractivity (Wildman–Crippen MR) is 119 cm³/mol. The van der Waals surface area contributed by atoms with Crippen LogP contribution in [0.2, 0.25) is 0 Å². The Morgan fingerprint density at radius 3 is 2.38 bits per heavy atom. The minimum Gasteiger partial charge on any atom is -0.394 e. The van der Waals surface area contributed by atoms with Crippen LogP contribution in [0.5, 0.6) is 0 Å². The van der Waals surface area contributed by atoms with E-state index in [1.165, 1.54) is 32.1 Å². The minimum atomic E-state index is -1.69. The number of hydrogen-bond acceptors (Lipinski definition) is 7. The van der Waals surface area contributed by atoms with Crippen molar-refractivity contribution in [1.29, 1.82) is 0 Å². The highest BCUT2D eigenvalue weighted by Crippen LogP contribution is 2.35. The number of nitrogens with zero attached hydrogens (tertiary/aromatic N) is 2. The highest BCUT2D eigenvalue weighted by Gasteiger charge is 2.29. The summed E-state index contributed by atoms with van der Waals surface area (Å²) in [6.45, 7) is -0.0438. The highest BCUT2D eigenvalue weighted by molar-refractivity contribution is 9.11. The van der Waals surface area contributed by atoms with Gasteiger partial charge >= 0.3 is 0 Å². The molecular weight excluding hydrogens is 508 g/mol. The van der Waals surface area contributed by atoms with Gasteiger partial charge in [-0.15, -0.1) is 0 Å². The third kappa shape index (κ3) is 7.07. The van der Waals surface area contributed by atoms with Crippen molar-refractivity contribution in [2.75, 3.05) is 13.7 Å². The molecule has 29 heavy (non-hydrogen) atoms. The molecule has 164 valence electrons. The van der Waals surface area contributed by atoms with Gasteiger partial charge in [-0.1, -0.05) is 35.2 Å². The van der Waals surface area contributed by atoms with Crippen LogP contribution in [0, 0.1) is 0 Å². The minimum absolute atomic E-state index is 0.529. The van der Waals surface area contributed by atoms with Gasteiger partial charge in [-0.2, -0.15) is 0 Å². The maximum atomic E-state index is 10.1. The number of aliphatic hydroxyl groups is 5. The molecule has 9 heteroatoms. The fourth-order valence-corrected chi connectivity index (χ4v) is 5.00. The van der Waals surface area contributed by atoms with E-state index in [-0.39, 0.29) is 0 Å². The second-order valence-corrected chi connectivity index (χ2v) is 9.37. The molecule has 1 aliphatic carbocycles. The van der Waals surface area contributed by atoms with Crippen molar-refractivity contribution in [2.24, 2.45) is 4.99 Å². The van der Waals surface area contributed by atoms with Gasteiger partial charge in [0.1, 0.15) is 24.4 Å². The second-order valence-electron chi connectivity index (χ2n) is 7.60. The smallest absolute Gasteiger partial charge is 0.118 e. The Kier molecular flexibility index (Phi) is 10.2. The van der Waals surface area contributed by atoms with E-state index >= 15 is 0 Å². The van der Waals surface area contributed by atoms with Gasteiger partial charge in [0.2, 0.25) is 0 Å². The Labute approximate surface area is 188 Å². The van der Waals surface area contributed by atoms with E-state index in [0.29, 0.717) is 18.3 Å². The molecular formula is C20H30Br2N2O5. The van der Waals surface area contributed by atoms with Gasteiger partial charge in [-0.25, -0.2) is 0 Å². The Balaban J connectivity index is 2.17. The Hall–Kier alpha value is -0.390. The molecule has 1 aromatic carbocycles. The summed E-state index contributed by atoms with van der Waals surface area (Å²) in [6, 6.07) is 4.36. The average Bonchev–Trinajstić information content (AvgIpc) is 2.71. The van der Waals surface area contributed by atoms with E-state index in [1.807, 2.05) is 12.1 Å². The van der Waals surface area contributed by atoms with Gasteiger partial charge in [0.15, 0.2) is 0 Å². The zero-order valence-corrected chi connectivity index (χ0v) is 19.6. The van der Waals surface area contributed by atoms with E-state index in [1.54, 1.807) is 0 Å². The molecule has 1 saturated carbocycles. The van der Waals surface area contributed by atoms with Crippen LogP contribution in [0.4, 0.5) is 5.69 Å². The zero-order valence-electron chi connectivity index (χ0n) is 16.5. The maximum Gasteiger partial charge on any atom is 0.118 e. The van der Waals surface area contributed by atoms with E-state index in [9.17, 15) is 20.4 Å². The molecule has 1 aromatic rings. The van der Waals surface area contributed by atoms with Gasteiger partial charge in [0.05, 0.1) is 12.3 Å². The summed E-state index contributed by atoms with van der Waals surface area (Å²) in [5, 5.41) is 48.2. The molecule has 0 amide bonds. The maximum absolute atomic E-state index is 10.1. The summed E-state index contributed by atoms with van der Waals surface area (Å²) in [7, 11) is 2.10. The number of halogens is 2. The summed E-state index contributed by atoms with van der Waals surface area (Å²) in [4.78, 5) is 6.67. The third-order valence-electron chi connectivity index (χ3n) is 5.36. The Morgan fingerprint density at radius 1 is 1.10 bits per heavy atom. The van der Waals surface area contributed by atoms with Crippen LogP contribution in [-0.4, -0.2) is 80.8 Å². The number of hydrogen-bond donors (Lipinski definition) is 5. The lowest BCUT2D eigenvalue weighted by Crippen LogP contribution is -2.46. The third-order valence-corrected chi connectivity index (χ3v) is 6.42. The molecule has 2 rings (SSSR count). The van der Waals surface area contributed by atoms with Crippen LogP contribution in [0.1, 0.15) is 37.7 Å². The lowest BCUT2D eigenvalue weighted by molar-refractivity contribution is -0.0999. The van der Waals surface area contributed by atoms with E-state index in [0.717, 1.165) is 20.7 Å². The van der Waals surface area contributed by atoms with Gasteiger partial charge in [-0.05, 0) is 53.5 Å². The van der Waals surface area contributed by atoms with Crippen LogP contribution in [0.3, 0.4) is 0 Å². The van der Waals surface area contributed by atoms with Gasteiger partial charge in [0.25, 0.3) is 0 Å². The van der Waals surface area contributed by atoms with E-state index in [2.05, 4.69) is 48.8 Å². The molecule has 0 bridgehead atoms. The summed E-state index contributed by atoms with van der Waals surface area (Å²) in [6.07, 6.45) is 0.853. The number of rotatable bonds is 9. The first-order chi connectivity index (χ1) is 13.7. The van der Waals surface area contributed by atoms with Crippen molar-refractivity contribution in [2.45, 2.75) is 69.1 Å². The molecule has 4 unspecified atom stereocenters. The van der Waals surface area contributed by atoms with Gasteiger partial charge < -0.3 is 25.5 Å². The molecule has 4 atom stereocenters. The van der Waals surface area contributed by atoms with Crippen LogP contribution in [0.25, 0.3) is 0 Å². The van der Waals surface area contributed by atoms with Crippen molar-refractivity contribution < 1.29 is 25.5 Å². The van der Waals surface area contributed by atoms with Crippen molar-refractivity contribution >= 4 is 43.8 Å². The summed E-state index contributed by atoms with van der Waals surface area (Å²) < 4.78 is 1.63. The second kappa shape index (κ2) is 11.9. The quantitative estimate of drug-likeness (QED) is 0.308. The van der Waals surface area contributed by atoms with Crippen LogP contribution < -0.4 is 0 Å². The molecule has 0 spiro atoms. The molecule has 7 nitrogen and oxygen atoms in total. The van der Waals surface area contributed by atoms with Crippen LogP contribution >= 0.6 is 31.9 Å². The molecule has 0 aromatic heterocycles. The largest absolute Gasteiger partial charge is 0.394 e. The molecule has 5 N–H and O–H groups in total. The van der Waals surface area contributed by atoms with Crippen LogP contribution in [-0.2, 0) is 6.54 Å². The van der Waals surface area contributed by atoms with Crippen LogP contribution in [0.15, 0.2) is 26.1 Å². The first-order valence-electron chi connectivity index (χ1n) is 9.80. The molecule has 0 saturated heterocycles. The monoisotopic (exact) mass is 536 g/mol. The summed E-state index contributed by atoms with van der Waals surface area (Å²) in [5.41, 5.74) is 1.58. The summed E-state index contributed by atoms with van der Waals surface area (Å²) >= 11 is 7.01. The number of aliphatic hydroxyl groups excluding tert-OH is 5. The normalized spacial score (nSPS) is 20.2. The van der Waals surface area contributed by atoms with Gasteiger partial charge in [0, 0.05) is 27.7 Å². The molecule has 0 aliphatic heterocycles. The first-order valence-corrected chi connectivity index (χ1v) is 11.4. The first kappa shape index (κ1) is 24.9. The summed E-state index contributed by atoms with van der Waals surface area (Å²) in [5.74, 6) is 0.